The van der Waals surface area contributed by atoms with Crippen LogP contribution in [0.4, 0.5) is 0 Å². The van der Waals surface area contributed by atoms with Crippen molar-refractivity contribution < 1.29 is 42.1 Å². The van der Waals surface area contributed by atoms with Gasteiger partial charge in [0.2, 0.25) is 0 Å². The number of hydrogen-bond donors (Lipinski definition) is 1. The molecule has 0 aromatic heterocycles. The highest BCUT2D eigenvalue weighted by molar-refractivity contribution is 7.47. The predicted molar refractivity (Wildman–Crippen MR) is 251 cm³/mol. The van der Waals surface area contributed by atoms with Gasteiger partial charge in [0.25, 0.3) is 0 Å². The molecule has 0 aliphatic heterocycles. The molecule has 0 aliphatic carbocycles. The number of allylic oxidation sites excluding steroid dienone is 20. The van der Waals surface area contributed by atoms with E-state index in [2.05, 4.69) is 117 Å². The minimum Gasteiger partial charge on any atom is -0.462 e. The normalized spacial score (nSPS) is 14.7. The first-order chi connectivity index (χ1) is 29.0. The van der Waals surface area contributed by atoms with Gasteiger partial charge < -0.3 is 18.9 Å². The molecule has 0 bridgehead atoms. The first kappa shape index (κ1) is 56.4. The Kier molecular flexibility index (Phi) is 38.4. The number of phosphoric acid groups is 1. The van der Waals surface area contributed by atoms with Gasteiger partial charge >= 0.3 is 19.8 Å². The summed E-state index contributed by atoms with van der Waals surface area (Å²) >= 11 is 0. The Balaban J connectivity index is 4.60. The molecule has 2 atom stereocenters. The maximum absolute atomic E-state index is 12.7. The van der Waals surface area contributed by atoms with Crippen LogP contribution in [0.5, 0.6) is 0 Å². The van der Waals surface area contributed by atoms with Crippen molar-refractivity contribution in [2.24, 2.45) is 0 Å². The highest BCUT2D eigenvalue weighted by atomic mass is 31.2. The average molecular weight is 855 g/mol. The number of phosphoric ester groups is 1. The number of ether oxygens (including phenoxy) is 2. The van der Waals surface area contributed by atoms with Crippen molar-refractivity contribution in [3.8, 4) is 0 Å². The molecule has 0 amide bonds. The molecule has 0 heterocycles. The second-order valence-electron chi connectivity index (χ2n) is 15.3. The summed E-state index contributed by atoms with van der Waals surface area (Å²) in [6.07, 6.45) is 57.0. The van der Waals surface area contributed by atoms with Crippen LogP contribution < -0.4 is 0 Å². The van der Waals surface area contributed by atoms with Crippen molar-refractivity contribution in [3.05, 3.63) is 122 Å². The number of esters is 2. The molecule has 0 saturated carbocycles. The zero-order valence-electron chi connectivity index (χ0n) is 37.9. The van der Waals surface area contributed by atoms with Gasteiger partial charge in [-0.25, -0.2) is 4.57 Å². The Morgan fingerprint density at radius 1 is 0.533 bits per heavy atom. The predicted octanol–water partition coefficient (Wildman–Crippen LogP) is 12.9. The smallest absolute Gasteiger partial charge is 0.462 e. The van der Waals surface area contributed by atoms with Gasteiger partial charge in [-0.3, -0.25) is 18.6 Å². The van der Waals surface area contributed by atoms with E-state index >= 15 is 0 Å². The van der Waals surface area contributed by atoms with Crippen LogP contribution in [0.15, 0.2) is 122 Å². The van der Waals surface area contributed by atoms with E-state index in [0.717, 1.165) is 64.2 Å². The SMILES string of the molecule is CC/C=C/C/C=C/C/C=C/C/C=C/C/C=C/C/C=C/CCC(=O)OC[C@H](COP(=O)(O)OCC[N+](C)(C)C)OC(=O)CCC/C=C/C/C=C/C/C=C/C/C=C/CCCCC. The molecule has 1 N–H and O–H groups in total. The average Bonchev–Trinajstić information content (AvgIpc) is 3.20. The Morgan fingerprint density at radius 2 is 0.967 bits per heavy atom. The van der Waals surface area contributed by atoms with E-state index in [-0.39, 0.29) is 26.1 Å². The van der Waals surface area contributed by atoms with E-state index < -0.39 is 32.5 Å². The minimum absolute atomic E-state index is 0.00278. The molecule has 0 aromatic rings. The molecule has 1 unspecified atom stereocenters. The molecular formula is C50H81NO8P+. The van der Waals surface area contributed by atoms with Crippen molar-refractivity contribution in [1.82, 2.24) is 0 Å². The van der Waals surface area contributed by atoms with Crippen LogP contribution >= 0.6 is 7.82 Å². The van der Waals surface area contributed by atoms with Crippen molar-refractivity contribution >= 4 is 19.8 Å². The fourth-order valence-electron chi connectivity index (χ4n) is 5.03. The van der Waals surface area contributed by atoms with Crippen molar-refractivity contribution in [3.63, 3.8) is 0 Å². The standard InChI is InChI=1S/C50H80NO8P/c1-6-8-10-12-14-16-18-20-22-24-25-27-28-30-32-34-36-38-40-42-49(52)56-46-48(47-58-60(54,55)57-45-44-51(3,4)5)59-50(53)43-41-39-37-35-33-31-29-26-23-21-19-17-15-13-11-9-7-2/h8,10,14-17,20-23,25,27,29-32,35-38,48H,6-7,9,11-13,18-19,24,26,28,33-34,39-47H2,1-5H3/p+1/b10-8+,16-14+,17-15+,22-20+,23-21+,27-25+,31-29+,32-30+,37-35+,38-36+/t48-/m1/s1. The third-order valence-corrected chi connectivity index (χ3v) is 9.47. The van der Waals surface area contributed by atoms with E-state index in [0.29, 0.717) is 30.3 Å². The highest BCUT2D eigenvalue weighted by Gasteiger charge is 2.27. The molecule has 0 saturated heterocycles. The second-order valence-corrected chi connectivity index (χ2v) is 16.8. The van der Waals surface area contributed by atoms with Crippen molar-refractivity contribution in [1.29, 1.82) is 0 Å². The van der Waals surface area contributed by atoms with Crippen LogP contribution in [0.1, 0.15) is 129 Å². The fourth-order valence-corrected chi connectivity index (χ4v) is 5.77. The van der Waals surface area contributed by atoms with Crippen LogP contribution in [-0.4, -0.2) is 74.9 Å². The van der Waals surface area contributed by atoms with Crippen LogP contribution in [0.2, 0.25) is 0 Å². The summed E-state index contributed by atoms with van der Waals surface area (Å²) in [6, 6.07) is 0. The second kappa shape index (κ2) is 40.8. The molecule has 0 aliphatic rings. The summed E-state index contributed by atoms with van der Waals surface area (Å²) in [5, 5.41) is 0. The summed E-state index contributed by atoms with van der Waals surface area (Å²) in [4.78, 5) is 35.3. The number of hydrogen-bond acceptors (Lipinski definition) is 7. The number of unbranched alkanes of at least 4 members (excludes halogenated alkanes) is 4. The fraction of sp³-hybridized carbons (Fsp3) is 0.560. The van der Waals surface area contributed by atoms with Crippen molar-refractivity contribution in [2.45, 2.75) is 136 Å². The molecule has 60 heavy (non-hydrogen) atoms. The largest absolute Gasteiger partial charge is 0.472 e. The van der Waals surface area contributed by atoms with Gasteiger partial charge in [0.1, 0.15) is 19.8 Å². The van der Waals surface area contributed by atoms with E-state index in [9.17, 15) is 19.0 Å². The molecule has 10 heteroatoms. The summed E-state index contributed by atoms with van der Waals surface area (Å²) in [6.45, 7) is 4.09. The summed E-state index contributed by atoms with van der Waals surface area (Å²) < 4.78 is 34.1. The summed E-state index contributed by atoms with van der Waals surface area (Å²) in [5.74, 6) is -0.977. The summed E-state index contributed by atoms with van der Waals surface area (Å²) in [7, 11) is 1.38. The van der Waals surface area contributed by atoms with Crippen LogP contribution in [-0.2, 0) is 32.7 Å². The van der Waals surface area contributed by atoms with Crippen LogP contribution in [0, 0.1) is 0 Å². The lowest BCUT2D eigenvalue weighted by atomic mass is 10.2. The molecule has 0 radical (unpaired) electrons. The van der Waals surface area contributed by atoms with Gasteiger partial charge in [0, 0.05) is 12.8 Å². The molecule has 9 nitrogen and oxygen atoms in total. The Hall–Kier alpha value is -3.59. The topological polar surface area (TPSA) is 108 Å². The number of rotatable bonds is 38. The zero-order chi connectivity index (χ0) is 44.3. The maximum atomic E-state index is 12.7. The molecule has 0 rings (SSSR count). The van der Waals surface area contributed by atoms with E-state index in [4.69, 9.17) is 18.5 Å². The Labute approximate surface area is 365 Å². The van der Waals surface area contributed by atoms with Crippen molar-refractivity contribution in [2.75, 3.05) is 47.5 Å². The van der Waals surface area contributed by atoms with E-state index in [1.54, 1.807) is 0 Å². The molecule has 0 spiro atoms. The number of quaternary nitrogens is 1. The first-order valence-corrected chi connectivity index (χ1v) is 23.8. The van der Waals surface area contributed by atoms with Crippen LogP contribution in [0.3, 0.4) is 0 Å². The molecule has 0 aromatic carbocycles. The van der Waals surface area contributed by atoms with Gasteiger partial charge in [0.15, 0.2) is 6.10 Å². The highest BCUT2D eigenvalue weighted by Crippen LogP contribution is 2.43. The van der Waals surface area contributed by atoms with Crippen LogP contribution in [0.25, 0.3) is 0 Å². The van der Waals surface area contributed by atoms with E-state index in [1.807, 2.05) is 39.4 Å². The van der Waals surface area contributed by atoms with E-state index in [1.165, 1.54) is 19.3 Å². The zero-order valence-corrected chi connectivity index (χ0v) is 38.8. The lowest BCUT2D eigenvalue weighted by Crippen LogP contribution is -2.37. The Morgan fingerprint density at radius 3 is 1.42 bits per heavy atom. The molecular weight excluding hydrogens is 774 g/mol. The lowest BCUT2D eigenvalue weighted by Gasteiger charge is -2.24. The number of nitrogens with zero attached hydrogens (tertiary/aromatic N) is 1. The monoisotopic (exact) mass is 855 g/mol. The van der Waals surface area contributed by atoms with Gasteiger partial charge in [-0.1, -0.05) is 148 Å². The Bertz CT molecular complexity index is 1430. The third kappa shape index (κ3) is 44.0. The minimum atomic E-state index is -4.42. The number of carbonyl (C=O) groups excluding carboxylic acids is 2. The van der Waals surface area contributed by atoms with Gasteiger partial charge in [-0.15, -0.1) is 0 Å². The quantitative estimate of drug-likeness (QED) is 0.0215. The maximum Gasteiger partial charge on any atom is 0.472 e. The number of carbonyl (C=O) groups is 2. The summed E-state index contributed by atoms with van der Waals surface area (Å²) in [5.41, 5.74) is 0. The number of likely N-dealkylation sites (N-methyl/N-ethyl adjacent to an activating group) is 1. The van der Waals surface area contributed by atoms with Gasteiger partial charge in [0.05, 0.1) is 27.7 Å². The van der Waals surface area contributed by atoms with Gasteiger partial charge in [-0.05, 0) is 89.9 Å². The molecule has 338 valence electrons. The molecule has 0 fully saturated rings. The first-order valence-electron chi connectivity index (χ1n) is 22.3. The lowest BCUT2D eigenvalue weighted by molar-refractivity contribution is -0.870. The third-order valence-electron chi connectivity index (χ3n) is 8.49. The van der Waals surface area contributed by atoms with Gasteiger partial charge in [-0.2, -0.15) is 0 Å².